The number of carbonyl (C=O) groups is 1. The van der Waals surface area contributed by atoms with Crippen LogP contribution < -0.4 is 5.56 Å². The molecule has 1 aromatic carbocycles. The minimum atomic E-state index is -3.72. The largest absolute Gasteiger partial charge is 0.318 e. The van der Waals surface area contributed by atoms with Gasteiger partial charge in [0.25, 0.3) is 5.56 Å². The third kappa shape index (κ3) is 4.12. The lowest BCUT2D eigenvalue weighted by atomic mass is 10.1. The predicted molar refractivity (Wildman–Crippen MR) is 116 cm³/mol. The number of hydrogen-bond donors (Lipinski definition) is 0. The fourth-order valence-electron chi connectivity index (χ4n) is 3.29. The smallest absolute Gasteiger partial charge is 0.251 e. The zero-order chi connectivity index (χ0) is 22.2. The van der Waals surface area contributed by atoms with E-state index < -0.39 is 15.6 Å². The van der Waals surface area contributed by atoms with Crippen LogP contribution in [0.2, 0.25) is 5.02 Å². The van der Waals surface area contributed by atoms with Crippen molar-refractivity contribution in [1.82, 2.24) is 13.4 Å². The number of aryl methyl sites for hydroxylation is 1. The number of nitrogens with zero attached hydrogens (tertiary/aromatic N) is 3. The highest BCUT2D eigenvalue weighted by molar-refractivity contribution is 7.89. The highest BCUT2D eigenvalue weighted by atomic mass is 35.5. The summed E-state index contributed by atoms with van der Waals surface area (Å²) in [7, 11) is -0.915. The van der Waals surface area contributed by atoms with Gasteiger partial charge in [0, 0.05) is 54.0 Å². The van der Waals surface area contributed by atoms with Gasteiger partial charge in [-0.2, -0.15) is 0 Å². The molecule has 0 bridgehead atoms. The first-order valence-electron chi connectivity index (χ1n) is 9.13. The Hall–Kier alpha value is -2.68. The van der Waals surface area contributed by atoms with Gasteiger partial charge >= 0.3 is 0 Å². The Bertz CT molecular complexity index is 1290. The fourth-order valence-corrected chi connectivity index (χ4v) is 4.40. The van der Waals surface area contributed by atoms with Crippen LogP contribution in [0, 0.1) is 13.8 Å². The van der Waals surface area contributed by atoms with E-state index in [-0.39, 0.29) is 17.2 Å². The van der Waals surface area contributed by atoms with Gasteiger partial charge in [0.15, 0.2) is 5.78 Å². The first kappa shape index (κ1) is 22.0. The number of benzene rings is 1. The van der Waals surface area contributed by atoms with Crippen molar-refractivity contribution in [1.29, 1.82) is 0 Å². The van der Waals surface area contributed by atoms with Gasteiger partial charge in [-0.25, -0.2) is 12.7 Å². The van der Waals surface area contributed by atoms with Gasteiger partial charge in [-0.15, -0.1) is 0 Å². The van der Waals surface area contributed by atoms with Crippen molar-refractivity contribution in [2.24, 2.45) is 0 Å². The number of Topliss-reactive ketones (excluding diaryl/α,β-unsaturated/α-hetero) is 1. The molecule has 0 radical (unpaired) electrons. The average molecular weight is 448 g/mol. The van der Waals surface area contributed by atoms with Gasteiger partial charge in [-0.05, 0) is 44.2 Å². The van der Waals surface area contributed by atoms with E-state index in [0.29, 0.717) is 16.3 Å². The van der Waals surface area contributed by atoms with Crippen LogP contribution in [-0.2, 0) is 16.6 Å². The van der Waals surface area contributed by atoms with Crippen molar-refractivity contribution < 1.29 is 13.2 Å². The van der Waals surface area contributed by atoms with E-state index in [4.69, 9.17) is 11.6 Å². The Morgan fingerprint density at radius 2 is 1.80 bits per heavy atom. The van der Waals surface area contributed by atoms with Crippen LogP contribution in [-0.4, -0.2) is 41.7 Å². The van der Waals surface area contributed by atoms with E-state index in [9.17, 15) is 18.0 Å². The number of pyridine rings is 1. The van der Waals surface area contributed by atoms with Gasteiger partial charge < -0.3 is 9.13 Å². The quantitative estimate of drug-likeness (QED) is 0.544. The van der Waals surface area contributed by atoms with Crippen molar-refractivity contribution in [2.75, 3.05) is 14.1 Å². The van der Waals surface area contributed by atoms with Crippen molar-refractivity contribution in [3.8, 4) is 5.69 Å². The Kier molecular flexibility index (Phi) is 6.03. The van der Waals surface area contributed by atoms with E-state index in [1.807, 2.05) is 30.5 Å². The molecule has 0 unspecified atom stereocenters. The number of ketones is 1. The van der Waals surface area contributed by atoms with E-state index in [1.165, 1.54) is 26.4 Å². The third-order valence-corrected chi connectivity index (χ3v) is 6.88. The van der Waals surface area contributed by atoms with Gasteiger partial charge in [-0.1, -0.05) is 17.7 Å². The normalized spacial score (nSPS) is 11.8. The molecular weight excluding hydrogens is 426 g/mol. The molecule has 2 aromatic heterocycles. The first-order chi connectivity index (χ1) is 14.0. The molecule has 3 rings (SSSR count). The minimum Gasteiger partial charge on any atom is -0.318 e. The van der Waals surface area contributed by atoms with Gasteiger partial charge in [0.1, 0.15) is 0 Å². The molecule has 0 saturated carbocycles. The second-order valence-electron chi connectivity index (χ2n) is 7.14. The van der Waals surface area contributed by atoms with Gasteiger partial charge in [0.2, 0.25) is 10.0 Å². The number of rotatable bonds is 6. The maximum absolute atomic E-state index is 13.0. The monoisotopic (exact) mass is 447 g/mol. The maximum Gasteiger partial charge on any atom is 0.251 e. The van der Waals surface area contributed by atoms with Crippen LogP contribution in [0.1, 0.15) is 21.7 Å². The number of aromatic nitrogens is 2. The molecule has 0 spiro atoms. The molecular formula is C21H22ClN3O4S. The maximum atomic E-state index is 13.0. The summed E-state index contributed by atoms with van der Waals surface area (Å²) in [6.45, 7) is 3.42. The molecule has 0 saturated heterocycles. The summed E-state index contributed by atoms with van der Waals surface area (Å²) in [5.74, 6) is -0.294. The summed E-state index contributed by atoms with van der Waals surface area (Å²) >= 11 is 6.10. The van der Waals surface area contributed by atoms with Crippen LogP contribution in [0.4, 0.5) is 0 Å². The Balaban J connectivity index is 1.98. The number of carbonyl (C=O) groups excluding carboxylic acids is 1. The lowest BCUT2D eigenvalue weighted by Gasteiger charge is -2.13. The average Bonchev–Trinajstić information content (AvgIpc) is 2.97. The zero-order valence-electron chi connectivity index (χ0n) is 17.1. The molecule has 9 heteroatoms. The highest BCUT2D eigenvalue weighted by Crippen LogP contribution is 2.23. The second-order valence-corrected chi connectivity index (χ2v) is 9.73. The SMILES string of the molecule is Cc1cc(C(=O)Cn2cc(S(=O)(=O)N(C)C)ccc2=O)c(C)n1-c1cccc(Cl)c1. The molecule has 7 nitrogen and oxygen atoms in total. The fraction of sp³-hybridized carbons (Fsp3) is 0.238. The summed E-state index contributed by atoms with van der Waals surface area (Å²) < 4.78 is 28.8. The van der Waals surface area contributed by atoms with Crippen LogP contribution in [0.3, 0.4) is 0 Å². The zero-order valence-corrected chi connectivity index (χ0v) is 18.7. The molecule has 30 heavy (non-hydrogen) atoms. The first-order valence-corrected chi connectivity index (χ1v) is 11.0. The van der Waals surface area contributed by atoms with Crippen molar-refractivity contribution in [3.63, 3.8) is 0 Å². The van der Waals surface area contributed by atoms with Crippen LogP contribution in [0.5, 0.6) is 0 Å². The van der Waals surface area contributed by atoms with Crippen molar-refractivity contribution in [3.05, 3.63) is 81.0 Å². The molecule has 3 aromatic rings. The highest BCUT2D eigenvalue weighted by Gasteiger charge is 2.21. The number of sulfonamides is 1. The summed E-state index contributed by atoms with van der Waals surface area (Å²) in [5, 5.41) is 0.582. The van der Waals surface area contributed by atoms with E-state index in [2.05, 4.69) is 0 Å². The van der Waals surface area contributed by atoms with Crippen LogP contribution in [0.15, 0.2) is 58.4 Å². The summed E-state index contributed by atoms with van der Waals surface area (Å²) in [4.78, 5) is 25.2. The van der Waals surface area contributed by atoms with Gasteiger partial charge in [-0.3, -0.25) is 9.59 Å². The van der Waals surface area contributed by atoms with Crippen LogP contribution >= 0.6 is 11.6 Å². The standard InChI is InChI=1S/C21H22ClN3O4S/c1-14-10-19(15(2)25(14)17-7-5-6-16(22)11-17)20(26)13-24-12-18(8-9-21(24)27)30(28,29)23(3)4/h5-12H,13H2,1-4H3. The lowest BCUT2D eigenvalue weighted by Crippen LogP contribution is -2.27. The molecule has 0 aliphatic rings. The summed E-state index contributed by atoms with van der Waals surface area (Å²) in [5.41, 5.74) is 2.39. The topological polar surface area (TPSA) is 81.4 Å². The Morgan fingerprint density at radius 1 is 1.10 bits per heavy atom. The Labute approximate surface area is 180 Å². The molecule has 158 valence electrons. The molecule has 2 heterocycles. The molecule has 0 fully saturated rings. The molecule has 0 atom stereocenters. The van der Waals surface area contributed by atoms with Gasteiger partial charge in [0.05, 0.1) is 11.4 Å². The predicted octanol–water partition coefficient (Wildman–Crippen LogP) is 3.04. The second kappa shape index (κ2) is 8.22. The minimum absolute atomic E-state index is 0.0516. The summed E-state index contributed by atoms with van der Waals surface area (Å²) in [6, 6.07) is 11.4. The molecule has 0 aliphatic carbocycles. The number of halogens is 1. The number of hydrogen-bond acceptors (Lipinski definition) is 4. The van der Waals surface area contributed by atoms with E-state index in [0.717, 1.165) is 26.3 Å². The van der Waals surface area contributed by atoms with E-state index >= 15 is 0 Å². The van der Waals surface area contributed by atoms with Crippen molar-refractivity contribution in [2.45, 2.75) is 25.3 Å². The third-order valence-electron chi connectivity index (χ3n) is 4.85. The lowest BCUT2D eigenvalue weighted by molar-refractivity contribution is 0.0970. The molecule has 0 aliphatic heterocycles. The molecule has 0 amide bonds. The Morgan fingerprint density at radius 3 is 2.43 bits per heavy atom. The van der Waals surface area contributed by atoms with Crippen LogP contribution in [0.25, 0.3) is 5.69 Å². The molecule has 0 N–H and O–H groups in total. The summed E-state index contributed by atoms with van der Waals surface area (Å²) in [6.07, 6.45) is 1.20. The van der Waals surface area contributed by atoms with Crippen molar-refractivity contribution >= 4 is 27.4 Å². The van der Waals surface area contributed by atoms with E-state index in [1.54, 1.807) is 18.2 Å².